The smallest absolute Gasteiger partial charge is 0.00673 e. The molecule has 0 radical (unpaired) electrons. The zero-order valence-electron chi connectivity index (χ0n) is 10.2. The fourth-order valence-corrected chi connectivity index (χ4v) is 2.21. The van der Waals surface area contributed by atoms with Crippen LogP contribution >= 0.6 is 0 Å². The summed E-state index contributed by atoms with van der Waals surface area (Å²) in [5, 5.41) is 0. The summed E-state index contributed by atoms with van der Waals surface area (Å²) >= 11 is 0. The molecule has 0 aliphatic carbocycles. The molecule has 0 amide bonds. The second kappa shape index (κ2) is 4.63. The molecule has 2 unspecified atom stereocenters. The molecule has 1 saturated heterocycles. The number of likely N-dealkylation sites (tertiary alicyclic amines) is 1. The van der Waals surface area contributed by atoms with Crippen LogP contribution in [0.5, 0.6) is 0 Å². The van der Waals surface area contributed by atoms with Crippen LogP contribution in [0.3, 0.4) is 0 Å². The van der Waals surface area contributed by atoms with E-state index in [1.54, 1.807) is 0 Å². The molecule has 2 heteroatoms. The van der Waals surface area contributed by atoms with Gasteiger partial charge >= 0.3 is 0 Å². The minimum atomic E-state index is 0.269. The van der Waals surface area contributed by atoms with Gasteiger partial charge in [0.1, 0.15) is 0 Å². The van der Waals surface area contributed by atoms with E-state index >= 15 is 0 Å². The minimum Gasteiger partial charge on any atom is -0.330 e. The Bertz CT molecular complexity index is 177. The van der Waals surface area contributed by atoms with Gasteiger partial charge in [-0.15, -0.1) is 0 Å². The summed E-state index contributed by atoms with van der Waals surface area (Å²) in [5.74, 6) is 0.861. The monoisotopic (exact) mass is 198 g/mol. The molecule has 0 aromatic heterocycles. The average Bonchev–Trinajstić information content (AvgIpc) is 2.11. The summed E-state index contributed by atoms with van der Waals surface area (Å²) in [6.07, 6.45) is 2.74. The third kappa shape index (κ3) is 3.25. The Labute approximate surface area is 88.8 Å². The van der Waals surface area contributed by atoms with Gasteiger partial charge in [0.25, 0.3) is 0 Å². The van der Waals surface area contributed by atoms with E-state index in [1.807, 2.05) is 0 Å². The van der Waals surface area contributed by atoms with Crippen LogP contribution in [0.25, 0.3) is 0 Å². The first-order chi connectivity index (χ1) is 6.44. The maximum atomic E-state index is 5.78. The standard InChI is InChI=1S/C12H26N2/c1-10-5-6-11(2)14(7-10)9-12(3,4)8-13/h10-11H,5-9,13H2,1-4H3. The molecule has 1 rings (SSSR count). The molecule has 14 heavy (non-hydrogen) atoms. The van der Waals surface area contributed by atoms with Gasteiger partial charge in [-0.1, -0.05) is 20.8 Å². The van der Waals surface area contributed by atoms with Crippen LogP contribution in [0.1, 0.15) is 40.5 Å². The number of hydrogen-bond acceptors (Lipinski definition) is 2. The molecule has 1 fully saturated rings. The summed E-state index contributed by atoms with van der Waals surface area (Å²) in [6, 6.07) is 0.747. The predicted molar refractivity (Wildman–Crippen MR) is 62.3 cm³/mol. The Balaban J connectivity index is 2.49. The van der Waals surface area contributed by atoms with Crippen LogP contribution in [0, 0.1) is 11.3 Å². The fraction of sp³-hybridized carbons (Fsp3) is 1.00. The van der Waals surface area contributed by atoms with Gasteiger partial charge in [0.05, 0.1) is 0 Å². The van der Waals surface area contributed by atoms with Crippen LogP contribution in [-0.4, -0.2) is 30.6 Å². The molecule has 0 aromatic carbocycles. The molecule has 2 N–H and O–H groups in total. The average molecular weight is 198 g/mol. The van der Waals surface area contributed by atoms with Gasteiger partial charge in [0.2, 0.25) is 0 Å². The number of piperidine rings is 1. The summed E-state index contributed by atoms with van der Waals surface area (Å²) in [7, 11) is 0. The van der Waals surface area contributed by atoms with Crippen molar-refractivity contribution in [2.24, 2.45) is 17.1 Å². The third-order valence-corrected chi connectivity index (χ3v) is 3.43. The first-order valence-corrected chi connectivity index (χ1v) is 5.89. The van der Waals surface area contributed by atoms with E-state index in [9.17, 15) is 0 Å². The van der Waals surface area contributed by atoms with Crippen molar-refractivity contribution in [2.75, 3.05) is 19.6 Å². The summed E-state index contributed by atoms with van der Waals surface area (Å²) in [5.41, 5.74) is 6.05. The Kier molecular flexibility index (Phi) is 3.96. The normalized spacial score (nSPS) is 30.6. The van der Waals surface area contributed by atoms with Crippen LogP contribution in [0.15, 0.2) is 0 Å². The quantitative estimate of drug-likeness (QED) is 0.752. The third-order valence-electron chi connectivity index (χ3n) is 3.43. The van der Waals surface area contributed by atoms with E-state index in [0.29, 0.717) is 0 Å². The highest BCUT2D eigenvalue weighted by Gasteiger charge is 2.27. The van der Waals surface area contributed by atoms with Gasteiger partial charge in [0, 0.05) is 19.1 Å². The van der Waals surface area contributed by atoms with Crippen molar-refractivity contribution < 1.29 is 0 Å². The van der Waals surface area contributed by atoms with E-state index in [-0.39, 0.29) is 5.41 Å². The Morgan fingerprint density at radius 2 is 1.93 bits per heavy atom. The van der Waals surface area contributed by atoms with E-state index in [4.69, 9.17) is 5.73 Å². The molecule has 0 aromatic rings. The summed E-state index contributed by atoms with van der Waals surface area (Å²) < 4.78 is 0. The summed E-state index contributed by atoms with van der Waals surface area (Å²) in [4.78, 5) is 2.61. The summed E-state index contributed by atoms with van der Waals surface area (Å²) in [6.45, 7) is 12.4. The number of nitrogens with zero attached hydrogens (tertiary/aromatic N) is 1. The Hall–Kier alpha value is -0.0800. The van der Waals surface area contributed by atoms with Crippen LogP contribution in [0.2, 0.25) is 0 Å². The SMILES string of the molecule is CC1CCC(C)N(CC(C)(C)CN)C1. The fourth-order valence-electron chi connectivity index (χ4n) is 2.21. The highest BCUT2D eigenvalue weighted by Crippen LogP contribution is 2.25. The molecule has 0 bridgehead atoms. The Morgan fingerprint density at radius 1 is 1.29 bits per heavy atom. The number of rotatable bonds is 3. The molecule has 0 saturated carbocycles. The van der Waals surface area contributed by atoms with Gasteiger partial charge in [0.15, 0.2) is 0 Å². The van der Waals surface area contributed by atoms with Gasteiger partial charge in [-0.2, -0.15) is 0 Å². The van der Waals surface area contributed by atoms with Gasteiger partial charge < -0.3 is 5.73 Å². The van der Waals surface area contributed by atoms with Crippen molar-refractivity contribution in [1.82, 2.24) is 4.90 Å². The number of nitrogens with two attached hydrogens (primary N) is 1. The predicted octanol–water partition coefficient (Wildman–Crippen LogP) is 2.09. The first-order valence-electron chi connectivity index (χ1n) is 5.89. The van der Waals surface area contributed by atoms with E-state index in [2.05, 4.69) is 32.6 Å². The van der Waals surface area contributed by atoms with Gasteiger partial charge in [-0.05, 0) is 37.6 Å². The lowest BCUT2D eigenvalue weighted by Gasteiger charge is -2.41. The van der Waals surface area contributed by atoms with Crippen molar-refractivity contribution in [1.29, 1.82) is 0 Å². The van der Waals surface area contributed by atoms with Crippen LogP contribution < -0.4 is 5.73 Å². The van der Waals surface area contributed by atoms with E-state index < -0.39 is 0 Å². The molecule has 1 heterocycles. The number of hydrogen-bond donors (Lipinski definition) is 1. The second-order valence-corrected chi connectivity index (χ2v) is 5.83. The zero-order valence-corrected chi connectivity index (χ0v) is 10.2. The lowest BCUT2D eigenvalue weighted by atomic mass is 9.88. The van der Waals surface area contributed by atoms with E-state index in [1.165, 1.54) is 19.4 Å². The van der Waals surface area contributed by atoms with Gasteiger partial charge in [-0.3, -0.25) is 4.90 Å². The van der Waals surface area contributed by atoms with Crippen LogP contribution in [-0.2, 0) is 0 Å². The molecule has 1 aliphatic rings. The Morgan fingerprint density at radius 3 is 2.50 bits per heavy atom. The highest BCUT2D eigenvalue weighted by molar-refractivity contribution is 4.82. The van der Waals surface area contributed by atoms with Crippen LogP contribution in [0.4, 0.5) is 0 Å². The van der Waals surface area contributed by atoms with Crippen molar-refractivity contribution in [2.45, 2.75) is 46.6 Å². The molecule has 2 nitrogen and oxygen atoms in total. The zero-order chi connectivity index (χ0) is 10.8. The maximum Gasteiger partial charge on any atom is 0.00673 e. The van der Waals surface area contributed by atoms with Crippen molar-refractivity contribution >= 4 is 0 Å². The molecular weight excluding hydrogens is 172 g/mol. The first kappa shape index (κ1) is 12.0. The van der Waals surface area contributed by atoms with Gasteiger partial charge in [-0.25, -0.2) is 0 Å². The molecule has 0 spiro atoms. The molecule has 84 valence electrons. The lowest BCUT2D eigenvalue weighted by Crippen LogP contribution is -2.47. The highest BCUT2D eigenvalue weighted by atomic mass is 15.2. The second-order valence-electron chi connectivity index (χ2n) is 5.83. The minimum absolute atomic E-state index is 0.269. The van der Waals surface area contributed by atoms with Crippen molar-refractivity contribution in [3.63, 3.8) is 0 Å². The largest absolute Gasteiger partial charge is 0.330 e. The topological polar surface area (TPSA) is 29.3 Å². The lowest BCUT2D eigenvalue weighted by molar-refractivity contribution is 0.0830. The molecule has 1 aliphatic heterocycles. The van der Waals surface area contributed by atoms with Crippen molar-refractivity contribution in [3.8, 4) is 0 Å². The van der Waals surface area contributed by atoms with Crippen molar-refractivity contribution in [3.05, 3.63) is 0 Å². The molecule has 2 atom stereocenters. The molecular formula is C12H26N2. The van der Waals surface area contributed by atoms with E-state index in [0.717, 1.165) is 25.0 Å². The maximum absolute atomic E-state index is 5.78.